The second kappa shape index (κ2) is 6.45. The van der Waals surface area contributed by atoms with Gasteiger partial charge in [-0.3, -0.25) is 4.90 Å². The van der Waals surface area contributed by atoms with Crippen molar-refractivity contribution >= 4 is 23.4 Å². The summed E-state index contributed by atoms with van der Waals surface area (Å²) in [5.74, 6) is 0. The molecule has 7 heteroatoms. The van der Waals surface area contributed by atoms with Gasteiger partial charge >= 0.3 is 12.1 Å². The summed E-state index contributed by atoms with van der Waals surface area (Å²) in [4.78, 5) is 27.6. The first-order valence-electron chi connectivity index (χ1n) is 7.90. The maximum absolute atomic E-state index is 12.4. The van der Waals surface area contributed by atoms with Gasteiger partial charge in [0.15, 0.2) is 0 Å². The average molecular weight is 318 g/mol. The van der Waals surface area contributed by atoms with Crippen LogP contribution in [0, 0.1) is 0 Å². The Morgan fingerprint density at radius 3 is 2.70 bits per heavy atom. The summed E-state index contributed by atoms with van der Waals surface area (Å²) in [7, 11) is 0. The smallest absolute Gasteiger partial charge is 0.322 e. The van der Waals surface area contributed by atoms with Gasteiger partial charge in [0.1, 0.15) is 0 Å². The van der Waals surface area contributed by atoms with Gasteiger partial charge in [0.2, 0.25) is 0 Å². The van der Waals surface area contributed by atoms with Crippen LogP contribution in [0.4, 0.5) is 21.0 Å². The van der Waals surface area contributed by atoms with E-state index in [1.54, 1.807) is 9.80 Å². The van der Waals surface area contributed by atoms with Crippen LogP contribution in [0.1, 0.15) is 13.8 Å². The van der Waals surface area contributed by atoms with Crippen LogP contribution in [0.3, 0.4) is 0 Å². The molecule has 0 aromatic heterocycles. The molecule has 1 aromatic carbocycles. The summed E-state index contributed by atoms with van der Waals surface area (Å²) in [6.45, 7) is 6.34. The van der Waals surface area contributed by atoms with Gasteiger partial charge in [-0.25, -0.2) is 9.59 Å². The first-order valence-corrected chi connectivity index (χ1v) is 7.90. The lowest BCUT2D eigenvalue weighted by Crippen LogP contribution is -2.49. The molecule has 2 saturated heterocycles. The molecule has 4 amide bonds. The molecule has 1 aromatic rings. The van der Waals surface area contributed by atoms with E-state index < -0.39 is 0 Å². The Labute approximate surface area is 135 Å². The molecule has 0 aliphatic carbocycles. The maximum Gasteiger partial charge on any atom is 0.322 e. The first-order chi connectivity index (χ1) is 11.0. The number of hydrogen-bond donors (Lipinski definition) is 2. The lowest BCUT2D eigenvalue weighted by molar-refractivity contribution is -0.0530. The van der Waals surface area contributed by atoms with Crippen LogP contribution in [0.15, 0.2) is 24.3 Å². The molecule has 2 N–H and O–H groups in total. The fourth-order valence-electron chi connectivity index (χ4n) is 3.02. The number of nitrogens with one attached hydrogen (secondary N) is 2. The third kappa shape index (κ3) is 3.56. The van der Waals surface area contributed by atoms with E-state index in [1.807, 2.05) is 38.1 Å². The third-order valence-corrected chi connectivity index (χ3v) is 3.97. The number of amides is 4. The summed E-state index contributed by atoms with van der Waals surface area (Å²) in [6, 6.07) is 7.08. The Morgan fingerprint density at radius 1 is 1.30 bits per heavy atom. The molecule has 2 aliphatic rings. The molecule has 124 valence electrons. The summed E-state index contributed by atoms with van der Waals surface area (Å²) in [6.07, 6.45) is 0.0632. The minimum Gasteiger partial charge on any atom is -0.372 e. The zero-order chi connectivity index (χ0) is 16.4. The quantitative estimate of drug-likeness (QED) is 0.874. The highest BCUT2D eigenvalue weighted by Crippen LogP contribution is 2.21. The molecular formula is C16H22N4O3. The van der Waals surface area contributed by atoms with Gasteiger partial charge in [0, 0.05) is 37.6 Å². The second-order valence-corrected chi connectivity index (χ2v) is 6.03. The SMILES string of the molecule is C[C@@H]1CN(C(=O)Nc2cccc(N3CCNC3=O)c2)C[C@@H](C)O1. The molecule has 23 heavy (non-hydrogen) atoms. The van der Waals surface area contributed by atoms with Crippen molar-refractivity contribution in [2.75, 3.05) is 36.4 Å². The number of nitrogens with zero attached hydrogens (tertiary/aromatic N) is 2. The molecular weight excluding hydrogens is 296 g/mol. The lowest BCUT2D eigenvalue weighted by atomic mass is 10.2. The molecule has 2 heterocycles. The number of ether oxygens (including phenoxy) is 1. The number of carbonyl (C=O) groups excluding carboxylic acids is 2. The van der Waals surface area contributed by atoms with E-state index in [0.717, 1.165) is 5.69 Å². The number of anilines is 2. The first kappa shape index (κ1) is 15.6. The summed E-state index contributed by atoms with van der Waals surface area (Å²) >= 11 is 0. The summed E-state index contributed by atoms with van der Waals surface area (Å²) in [5.41, 5.74) is 1.46. The number of urea groups is 2. The summed E-state index contributed by atoms with van der Waals surface area (Å²) in [5, 5.41) is 5.67. The molecule has 2 atom stereocenters. The average Bonchev–Trinajstić information content (AvgIpc) is 2.92. The predicted molar refractivity (Wildman–Crippen MR) is 87.8 cm³/mol. The van der Waals surface area contributed by atoms with Crippen molar-refractivity contribution in [3.8, 4) is 0 Å². The Balaban J connectivity index is 1.68. The number of hydrogen-bond acceptors (Lipinski definition) is 3. The number of carbonyl (C=O) groups is 2. The third-order valence-electron chi connectivity index (χ3n) is 3.97. The van der Waals surface area contributed by atoms with E-state index >= 15 is 0 Å². The largest absolute Gasteiger partial charge is 0.372 e. The van der Waals surface area contributed by atoms with Crippen LogP contribution in [0.2, 0.25) is 0 Å². The van der Waals surface area contributed by atoms with E-state index in [2.05, 4.69) is 10.6 Å². The van der Waals surface area contributed by atoms with Crippen LogP contribution in [0.5, 0.6) is 0 Å². The van der Waals surface area contributed by atoms with Gasteiger partial charge in [0.05, 0.1) is 12.2 Å². The monoisotopic (exact) mass is 318 g/mol. The van der Waals surface area contributed by atoms with E-state index in [0.29, 0.717) is 31.9 Å². The zero-order valence-corrected chi connectivity index (χ0v) is 13.4. The predicted octanol–water partition coefficient (Wildman–Crippen LogP) is 1.86. The molecule has 0 bridgehead atoms. The van der Waals surface area contributed by atoms with Crippen LogP contribution in [-0.4, -0.2) is 55.3 Å². The maximum atomic E-state index is 12.4. The molecule has 2 fully saturated rings. The van der Waals surface area contributed by atoms with Gasteiger partial charge in [-0.2, -0.15) is 0 Å². The van der Waals surface area contributed by atoms with Crippen molar-refractivity contribution in [1.82, 2.24) is 10.2 Å². The zero-order valence-electron chi connectivity index (χ0n) is 13.4. The van der Waals surface area contributed by atoms with Gasteiger partial charge in [-0.15, -0.1) is 0 Å². The number of rotatable bonds is 2. The fourth-order valence-corrected chi connectivity index (χ4v) is 3.02. The van der Waals surface area contributed by atoms with Gasteiger partial charge < -0.3 is 20.3 Å². The summed E-state index contributed by atoms with van der Waals surface area (Å²) < 4.78 is 5.64. The number of benzene rings is 1. The topological polar surface area (TPSA) is 73.9 Å². The fraction of sp³-hybridized carbons (Fsp3) is 0.500. The minimum absolute atomic E-state index is 0.0316. The van der Waals surface area contributed by atoms with Crippen molar-refractivity contribution in [3.63, 3.8) is 0 Å². The van der Waals surface area contributed by atoms with E-state index in [9.17, 15) is 9.59 Å². The van der Waals surface area contributed by atoms with E-state index in [-0.39, 0.29) is 24.3 Å². The van der Waals surface area contributed by atoms with Crippen molar-refractivity contribution < 1.29 is 14.3 Å². The standard InChI is InChI=1S/C16H22N4O3/c1-11-9-19(10-12(2)23-11)16(22)18-13-4-3-5-14(8-13)20-7-6-17-15(20)21/h3-5,8,11-12H,6-7,9-10H2,1-2H3,(H,17,21)(H,18,22)/t11-,12-/m1/s1. The molecule has 3 rings (SSSR count). The highest BCUT2D eigenvalue weighted by Gasteiger charge is 2.26. The number of morpholine rings is 1. The Hall–Kier alpha value is -2.28. The van der Waals surface area contributed by atoms with Crippen LogP contribution >= 0.6 is 0 Å². The lowest BCUT2D eigenvalue weighted by Gasteiger charge is -2.35. The van der Waals surface area contributed by atoms with E-state index in [1.165, 1.54) is 0 Å². The molecule has 0 radical (unpaired) electrons. The van der Waals surface area contributed by atoms with Crippen molar-refractivity contribution in [1.29, 1.82) is 0 Å². The highest BCUT2D eigenvalue weighted by molar-refractivity contribution is 5.95. The van der Waals surface area contributed by atoms with Gasteiger partial charge in [-0.1, -0.05) is 6.07 Å². The molecule has 0 spiro atoms. The van der Waals surface area contributed by atoms with Gasteiger partial charge in [0.25, 0.3) is 0 Å². The Bertz CT molecular complexity index is 597. The van der Waals surface area contributed by atoms with Crippen molar-refractivity contribution in [2.24, 2.45) is 0 Å². The second-order valence-electron chi connectivity index (χ2n) is 6.03. The van der Waals surface area contributed by atoms with Crippen LogP contribution in [0.25, 0.3) is 0 Å². The van der Waals surface area contributed by atoms with Crippen LogP contribution < -0.4 is 15.5 Å². The van der Waals surface area contributed by atoms with E-state index in [4.69, 9.17) is 4.74 Å². The highest BCUT2D eigenvalue weighted by atomic mass is 16.5. The minimum atomic E-state index is -0.143. The normalized spacial score (nSPS) is 24.5. The van der Waals surface area contributed by atoms with Crippen molar-refractivity contribution in [2.45, 2.75) is 26.1 Å². The Kier molecular flexibility index (Phi) is 4.38. The molecule has 2 aliphatic heterocycles. The Morgan fingerprint density at radius 2 is 2.04 bits per heavy atom. The molecule has 7 nitrogen and oxygen atoms in total. The molecule has 0 saturated carbocycles. The van der Waals surface area contributed by atoms with Gasteiger partial charge in [-0.05, 0) is 32.0 Å². The van der Waals surface area contributed by atoms with Crippen LogP contribution in [-0.2, 0) is 4.74 Å². The molecule has 0 unspecified atom stereocenters. The van der Waals surface area contributed by atoms with Crippen molar-refractivity contribution in [3.05, 3.63) is 24.3 Å².